The van der Waals surface area contributed by atoms with Crippen LogP contribution in [0.4, 0.5) is 0 Å². The van der Waals surface area contributed by atoms with Crippen LogP contribution in [0.3, 0.4) is 0 Å². The number of fused-ring (bicyclic) bond motifs is 6. The van der Waals surface area contributed by atoms with Gasteiger partial charge in [-0.1, -0.05) is 84.9 Å². The van der Waals surface area contributed by atoms with Crippen molar-refractivity contribution in [1.29, 1.82) is 0 Å². The predicted octanol–water partition coefficient (Wildman–Crippen LogP) is 4.38. The Hall–Kier alpha value is -4.70. The summed E-state index contributed by atoms with van der Waals surface area (Å²) in [4.78, 5) is 40.3. The first kappa shape index (κ1) is 20.9. The second kappa shape index (κ2) is 8.26. The summed E-state index contributed by atoms with van der Waals surface area (Å²) in [7, 11) is 0. The fourth-order valence-corrected chi connectivity index (χ4v) is 4.71. The van der Waals surface area contributed by atoms with Crippen molar-refractivity contribution in [2.75, 3.05) is 0 Å². The second-order valence-electron chi connectivity index (χ2n) is 8.58. The maximum absolute atomic E-state index is 12.1. The topological polar surface area (TPSA) is 64.1 Å². The van der Waals surface area contributed by atoms with Crippen LogP contribution in [0.5, 0.6) is 0 Å². The average molecular weight is 453 g/mol. The zero-order valence-corrected chi connectivity index (χ0v) is 18.7. The van der Waals surface area contributed by atoms with E-state index in [-0.39, 0.29) is 17.3 Å². The summed E-state index contributed by atoms with van der Waals surface area (Å²) in [6, 6.07) is 28.4. The monoisotopic (exact) mass is 453 g/mol. The minimum Gasteiger partial charge on any atom is -0.294 e. The molecule has 4 heteroatoms. The van der Waals surface area contributed by atoms with Crippen LogP contribution in [0.25, 0.3) is 33.8 Å². The molecular weight excluding hydrogens is 434 g/mol. The van der Waals surface area contributed by atoms with Crippen LogP contribution in [0, 0.1) is 0 Å². The maximum atomic E-state index is 12.1. The van der Waals surface area contributed by atoms with Gasteiger partial charge in [0.2, 0.25) is 0 Å². The third kappa shape index (κ3) is 3.56. The third-order valence-electron chi connectivity index (χ3n) is 6.44. The van der Waals surface area contributed by atoms with E-state index in [9.17, 15) is 14.4 Å². The second-order valence-corrected chi connectivity index (χ2v) is 8.58. The number of Topliss-reactive ketones (excluding diaryl/α,β-unsaturated/α-hetero) is 1. The van der Waals surface area contributed by atoms with Gasteiger partial charge < -0.3 is 0 Å². The summed E-state index contributed by atoms with van der Waals surface area (Å²) in [5, 5.41) is 5.42. The number of carbonyl (C=O) groups is 3. The van der Waals surface area contributed by atoms with Gasteiger partial charge in [0.15, 0.2) is 17.3 Å². The van der Waals surface area contributed by atoms with Gasteiger partial charge in [-0.25, -0.2) is 4.98 Å². The lowest BCUT2D eigenvalue weighted by Crippen LogP contribution is -2.32. The molecule has 166 valence electrons. The van der Waals surface area contributed by atoms with Gasteiger partial charge in [-0.15, -0.1) is 0 Å². The number of aromatic nitrogens is 1. The van der Waals surface area contributed by atoms with Crippen LogP contribution in [0.2, 0.25) is 0 Å². The molecule has 0 bridgehead atoms. The van der Waals surface area contributed by atoms with Crippen LogP contribution in [0.15, 0.2) is 91.0 Å². The van der Waals surface area contributed by atoms with Crippen LogP contribution in [-0.2, 0) is 4.79 Å². The fraction of sp³-hybridized carbons (Fsp3) is 0.0323. The van der Waals surface area contributed by atoms with Gasteiger partial charge in [-0.3, -0.25) is 14.4 Å². The molecule has 0 radical (unpaired) electrons. The number of nitrogens with zero attached hydrogens (tertiary/aromatic N) is 1. The highest BCUT2D eigenvalue weighted by atomic mass is 16.1. The highest BCUT2D eigenvalue weighted by Gasteiger charge is 2.28. The van der Waals surface area contributed by atoms with Crippen LogP contribution >= 0.6 is 0 Å². The molecule has 0 saturated carbocycles. The SMILES string of the molecule is O=C1C=c2nc3ccc4ccccc4c3cc2=CC1.O=C1c2ccccc2C(=O)c2ccccc21. The zero-order chi connectivity index (χ0) is 23.9. The Morgan fingerprint density at radius 2 is 1.17 bits per heavy atom. The minimum absolute atomic E-state index is 0.0641. The summed E-state index contributed by atoms with van der Waals surface area (Å²) in [6.45, 7) is 0. The molecule has 2 aliphatic carbocycles. The molecule has 2 aliphatic rings. The van der Waals surface area contributed by atoms with Crippen molar-refractivity contribution in [2.45, 2.75) is 6.42 Å². The normalized spacial score (nSPS) is 13.7. The van der Waals surface area contributed by atoms with E-state index < -0.39 is 0 Å². The standard InChI is InChI=1S/C17H11NO.C14H8O2/c19-13-7-5-12-9-15-14-4-2-1-3-11(14)6-8-16(15)18-17(12)10-13;15-13-9-5-1-2-6-10(9)14(16)12-8-4-3-7-11(12)13/h1-6,8-10H,7H2;1-8H. The molecule has 5 aromatic rings. The van der Waals surface area contributed by atoms with E-state index >= 15 is 0 Å². The minimum atomic E-state index is -0.0641. The molecule has 4 nitrogen and oxygen atoms in total. The third-order valence-corrected chi connectivity index (χ3v) is 6.44. The van der Waals surface area contributed by atoms with Crippen molar-refractivity contribution in [3.05, 3.63) is 124 Å². The highest BCUT2D eigenvalue weighted by Crippen LogP contribution is 2.26. The lowest BCUT2D eigenvalue weighted by Gasteiger charge is -2.16. The lowest BCUT2D eigenvalue weighted by atomic mass is 9.84. The van der Waals surface area contributed by atoms with E-state index in [1.807, 2.05) is 24.3 Å². The largest absolute Gasteiger partial charge is 0.294 e. The van der Waals surface area contributed by atoms with Crippen LogP contribution in [0.1, 0.15) is 38.3 Å². The quantitative estimate of drug-likeness (QED) is 0.320. The lowest BCUT2D eigenvalue weighted by molar-refractivity contribution is -0.112. The Bertz CT molecular complexity index is 1730. The number of rotatable bonds is 0. The Morgan fingerprint density at radius 1 is 0.600 bits per heavy atom. The summed E-state index contributed by atoms with van der Waals surface area (Å²) in [5.74, 6) is -0.00302. The molecule has 4 aromatic carbocycles. The van der Waals surface area contributed by atoms with Gasteiger partial charge >= 0.3 is 0 Å². The van der Waals surface area contributed by atoms with Crippen LogP contribution < -0.4 is 10.6 Å². The molecule has 0 aliphatic heterocycles. The van der Waals surface area contributed by atoms with Crippen molar-refractivity contribution in [3.63, 3.8) is 0 Å². The van der Waals surface area contributed by atoms with Gasteiger partial charge in [0.1, 0.15) is 0 Å². The first-order valence-corrected chi connectivity index (χ1v) is 11.4. The molecule has 0 N–H and O–H groups in total. The van der Waals surface area contributed by atoms with Crippen molar-refractivity contribution in [3.8, 4) is 0 Å². The van der Waals surface area contributed by atoms with Gasteiger partial charge in [0.25, 0.3) is 0 Å². The molecule has 0 atom stereocenters. The van der Waals surface area contributed by atoms with E-state index in [1.54, 1.807) is 54.6 Å². The van der Waals surface area contributed by atoms with E-state index in [4.69, 9.17) is 0 Å². The number of carbonyl (C=O) groups excluding carboxylic acids is 3. The van der Waals surface area contributed by atoms with E-state index in [0.29, 0.717) is 28.7 Å². The first-order chi connectivity index (χ1) is 17.1. The Kier molecular flexibility index (Phi) is 4.93. The van der Waals surface area contributed by atoms with Crippen LogP contribution in [-0.4, -0.2) is 22.3 Å². The predicted molar refractivity (Wildman–Crippen MR) is 137 cm³/mol. The molecule has 7 rings (SSSR count). The van der Waals surface area contributed by atoms with E-state index in [0.717, 1.165) is 21.5 Å². The Balaban J connectivity index is 0.000000133. The Morgan fingerprint density at radius 3 is 1.80 bits per heavy atom. The molecule has 0 saturated heterocycles. The van der Waals surface area contributed by atoms with E-state index in [1.165, 1.54) is 10.8 Å². The van der Waals surface area contributed by atoms with E-state index in [2.05, 4.69) is 29.2 Å². The summed E-state index contributed by atoms with van der Waals surface area (Å²) in [5.41, 5.74) is 2.96. The van der Waals surface area contributed by atoms with Crippen molar-refractivity contribution in [1.82, 2.24) is 4.98 Å². The van der Waals surface area contributed by atoms with Crippen molar-refractivity contribution < 1.29 is 14.4 Å². The van der Waals surface area contributed by atoms with Crippen molar-refractivity contribution >= 4 is 51.2 Å². The van der Waals surface area contributed by atoms with Gasteiger partial charge in [-0.2, -0.15) is 0 Å². The summed E-state index contributed by atoms with van der Waals surface area (Å²) >= 11 is 0. The first-order valence-electron chi connectivity index (χ1n) is 11.4. The molecule has 0 unspecified atom stereocenters. The number of hydrogen-bond acceptors (Lipinski definition) is 4. The number of pyridine rings is 1. The summed E-state index contributed by atoms with van der Waals surface area (Å²) in [6.07, 6.45) is 4.08. The van der Waals surface area contributed by atoms with Gasteiger partial charge in [-0.05, 0) is 28.1 Å². The molecule has 1 aromatic heterocycles. The number of hydrogen-bond donors (Lipinski definition) is 0. The molecule has 1 heterocycles. The average Bonchev–Trinajstić information content (AvgIpc) is 2.91. The smallest absolute Gasteiger partial charge is 0.194 e. The summed E-state index contributed by atoms with van der Waals surface area (Å²) < 4.78 is 0. The van der Waals surface area contributed by atoms with Crippen molar-refractivity contribution in [2.24, 2.45) is 0 Å². The maximum Gasteiger partial charge on any atom is 0.194 e. The molecule has 0 fully saturated rings. The van der Waals surface area contributed by atoms with Gasteiger partial charge in [0.05, 0.1) is 10.9 Å². The molecule has 35 heavy (non-hydrogen) atoms. The molecule has 0 amide bonds. The molecule has 0 spiro atoms. The molecular formula is C31H19NO3. The van der Waals surface area contributed by atoms with Gasteiger partial charge in [0, 0.05) is 40.1 Å². The fourth-order valence-electron chi connectivity index (χ4n) is 4.71. The number of benzene rings is 4. The zero-order valence-electron chi connectivity index (χ0n) is 18.7. The Labute approximate surface area is 200 Å². The highest BCUT2D eigenvalue weighted by molar-refractivity contribution is 6.28. The number of ketones is 3.